The van der Waals surface area contributed by atoms with Gasteiger partial charge in [0.05, 0.1) is 0 Å². The summed E-state index contributed by atoms with van der Waals surface area (Å²) >= 11 is 0. The molecule has 7 nitrogen and oxygen atoms in total. The molecule has 1 fully saturated rings. The van der Waals surface area contributed by atoms with E-state index in [-0.39, 0.29) is 29.7 Å². The summed E-state index contributed by atoms with van der Waals surface area (Å²) in [5.74, 6) is -2.30. The Kier molecular flexibility index (Phi) is 6.77. The van der Waals surface area contributed by atoms with Gasteiger partial charge in [0.25, 0.3) is 0 Å². The molecule has 7 heteroatoms. The van der Waals surface area contributed by atoms with Gasteiger partial charge in [-0.1, -0.05) is 38.5 Å². The van der Waals surface area contributed by atoms with E-state index in [1.165, 1.54) is 5.57 Å². The van der Waals surface area contributed by atoms with Crippen LogP contribution in [-0.2, 0) is 9.59 Å². The van der Waals surface area contributed by atoms with Crippen molar-refractivity contribution in [1.29, 1.82) is 0 Å². The lowest BCUT2D eigenvalue weighted by atomic mass is 9.55. The summed E-state index contributed by atoms with van der Waals surface area (Å²) in [6, 6.07) is 2.16. The van der Waals surface area contributed by atoms with Crippen molar-refractivity contribution in [2.24, 2.45) is 23.2 Å². The molecule has 172 valence electrons. The van der Waals surface area contributed by atoms with Crippen molar-refractivity contribution in [1.82, 2.24) is 0 Å². The van der Waals surface area contributed by atoms with Gasteiger partial charge in [0.15, 0.2) is 11.5 Å². The predicted molar refractivity (Wildman–Crippen MR) is 121 cm³/mol. The summed E-state index contributed by atoms with van der Waals surface area (Å²) in [5.41, 5.74) is -0.234. The number of amides is 1. The number of aromatic hydroxyl groups is 2. The Balaban J connectivity index is 1.75. The average molecular weight is 442 g/mol. The first kappa shape index (κ1) is 23.6. The number of nitrogens with one attached hydrogen (secondary N) is 1. The molecule has 0 aliphatic heterocycles. The molecule has 0 spiro atoms. The zero-order valence-corrected chi connectivity index (χ0v) is 18.6. The van der Waals surface area contributed by atoms with Gasteiger partial charge < -0.3 is 20.6 Å². The Morgan fingerprint density at radius 1 is 1.28 bits per heavy atom. The third-order valence-corrected chi connectivity index (χ3v) is 7.17. The topological polar surface area (TPSA) is 124 Å². The number of allylic oxidation sites excluding steroid dienone is 3. The summed E-state index contributed by atoms with van der Waals surface area (Å²) in [5, 5.41) is 31.6. The second-order valence-electron chi connectivity index (χ2n) is 9.20. The quantitative estimate of drug-likeness (QED) is 0.360. The Labute approximate surface area is 187 Å². The van der Waals surface area contributed by atoms with Gasteiger partial charge in [0.1, 0.15) is 17.0 Å². The van der Waals surface area contributed by atoms with Crippen LogP contribution in [0, 0.1) is 23.2 Å². The Morgan fingerprint density at radius 2 is 2.00 bits per heavy atom. The Bertz CT molecular complexity index is 981. The fraction of sp³-hybridized carbons (Fsp3) is 0.480. The number of hydrogen-bond donors (Lipinski definition) is 4. The van der Waals surface area contributed by atoms with Crippen molar-refractivity contribution in [3.63, 3.8) is 0 Å². The molecule has 0 saturated heterocycles. The van der Waals surface area contributed by atoms with Crippen molar-refractivity contribution in [3.05, 3.63) is 42.0 Å². The molecule has 2 aliphatic carbocycles. The number of ketones is 1. The highest BCUT2D eigenvalue weighted by Crippen LogP contribution is 2.52. The first-order valence-electron chi connectivity index (χ1n) is 11.1. The number of carboxylic acids is 1. The van der Waals surface area contributed by atoms with Crippen LogP contribution in [0.3, 0.4) is 0 Å². The van der Waals surface area contributed by atoms with Crippen molar-refractivity contribution in [3.8, 4) is 11.5 Å². The van der Waals surface area contributed by atoms with Crippen molar-refractivity contribution in [2.45, 2.75) is 52.4 Å². The summed E-state index contributed by atoms with van der Waals surface area (Å²) < 4.78 is 0. The highest BCUT2D eigenvalue weighted by atomic mass is 16.4. The molecule has 1 aromatic rings. The maximum absolute atomic E-state index is 12.9. The normalized spacial score (nSPS) is 27.1. The predicted octanol–water partition coefficient (Wildman–Crippen LogP) is 4.66. The largest absolute Gasteiger partial charge is 0.506 e. The van der Waals surface area contributed by atoms with Crippen molar-refractivity contribution < 1.29 is 29.7 Å². The van der Waals surface area contributed by atoms with Crippen LogP contribution in [0.2, 0.25) is 0 Å². The number of hydrogen-bond acceptors (Lipinski definition) is 5. The van der Waals surface area contributed by atoms with Gasteiger partial charge >= 0.3 is 5.97 Å². The zero-order chi connectivity index (χ0) is 23.6. The minimum absolute atomic E-state index is 0.00509. The number of anilines is 1. The molecular weight excluding hydrogens is 410 g/mol. The third kappa shape index (κ3) is 4.42. The minimum Gasteiger partial charge on any atom is -0.506 e. The van der Waals surface area contributed by atoms with E-state index in [1.807, 2.05) is 13.0 Å². The van der Waals surface area contributed by atoms with Crippen LogP contribution in [0.15, 0.2) is 36.4 Å². The monoisotopic (exact) mass is 441 g/mol. The standard InChI is InChI=1S/C25H31NO6/c1-4-5-15-13-18-16(12-14(15)2)6-9-20(28)25(18,3)11-10-21(29)26-22-19(27)8-7-17(23(22)30)24(31)32/h6-9,15-16,18,27,30H,2,4-5,10-13H2,1,3H3,(H,26,29)(H,31,32)/t15?,16?,18?,25-/m0/s1. The van der Waals surface area contributed by atoms with Gasteiger partial charge in [-0.2, -0.15) is 0 Å². The third-order valence-electron chi connectivity index (χ3n) is 7.17. The lowest BCUT2D eigenvalue weighted by molar-refractivity contribution is -0.130. The first-order valence-corrected chi connectivity index (χ1v) is 11.1. The van der Waals surface area contributed by atoms with Crippen LogP contribution in [-0.4, -0.2) is 33.0 Å². The van der Waals surface area contributed by atoms with Crippen molar-refractivity contribution in [2.75, 3.05) is 5.32 Å². The molecule has 1 amide bonds. The van der Waals surface area contributed by atoms with E-state index in [1.54, 1.807) is 6.08 Å². The smallest absolute Gasteiger partial charge is 0.339 e. The number of carbonyl (C=O) groups is 3. The molecule has 4 N–H and O–H groups in total. The fourth-order valence-corrected chi connectivity index (χ4v) is 5.21. The minimum atomic E-state index is -1.38. The van der Waals surface area contributed by atoms with Crippen LogP contribution < -0.4 is 5.32 Å². The lowest BCUT2D eigenvalue weighted by Crippen LogP contribution is -2.45. The van der Waals surface area contributed by atoms with Gasteiger partial charge in [-0.05, 0) is 61.6 Å². The first-order chi connectivity index (χ1) is 15.1. The number of phenols is 2. The van der Waals surface area contributed by atoms with Gasteiger partial charge in [-0.3, -0.25) is 9.59 Å². The van der Waals surface area contributed by atoms with Gasteiger partial charge in [-0.25, -0.2) is 4.79 Å². The second-order valence-corrected chi connectivity index (χ2v) is 9.20. The Morgan fingerprint density at radius 3 is 2.66 bits per heavy atom. The Hall–Kier alpha value is -3.09. The number of rotatable bonds is 7. The summed E-state index contributed by atoms with van der Waals surface area (Å²) in [6.07, 6.45) is 7.72. The molecular formula is C25H31NO6. The number of carboxylic acid groups (broad SMARTS) is 1. The summed E-state index contributed by atoms with van der Waals surface area (Å²) in [6.45, 7) is 8.31. The SMILES string of the molecule is C=C1CC2C=CC(=O)[C@@](C)(CCC(=O)Nc3c(O)ccc(C(=O)O)c3O)C2CC1CCC. The number of carbonyl (C=O) groups excluding carboxylic acids is 2. The van der Waals surface area contributed by atoms with Crippen LogP contribution >= 0.6 is 0 Å². The van der Waals surface area contributed by atoms with E-state index >= 15 is 0 Å². The number of benzene rings is 1. The molecule has 0 bridgehead atoms. The fourth-order valence-electron chi connectivity index (χ4n) is 5.21. The molecule has 1 aromatic carbocycles. The van der Waals surface area contributed by atoms with Gasteiger partial charge in [-0.15, -0.1) is 0 Å². The van der Waals surface area contributed by atoms with Crippen LogP contribution in [0.1, 0.15) is 62.7 Å². The highest BCUT2D eigenvalue weighted by molar-refractivity contribution is 6.00. The van der Waals surface area contributed by atoms with Crippen LogP contribution in [0.4, 0.5) is 5.69 Å². The number of phenolic OH excluding ortho intramolecular Hbond substituents is 1. The van der Waals surface area contributed by atoms with E-state index in [9.17, 15) is 24.6 Å². The molecule has 3 unspecified atom stereocenters. The average Bonchev–Trinajstić information content (AvgIpc) is 2.73. The van der Waals surface area contributed by atoms with Crippen LogP contribution in [0.25, 0.3) is 0 Å². The molecule has 2 aliphatic rings. The highest BCUT2D eigenvalue weighted by Gasteiger charge is 2.48. The van der Waals surface area contributed by atoms with E-state index in [0.717, 1.165) is 37.8 Å². The number of aromatic carboxylic acids is 1. The maximum Gasteiger partial charge on any atom is 0.339 e. The second kappa shape index (κ2) is 9.18. The van der Waals surface area contributed by atoms with Crippen molar-refractivity contribution >= 4 is 23.3 Å². The molecule has 0 aromatic heterocycles. The molecule has 1 saturated carbocycles. The molecule has 3 rings (SSSR count). The molecule has 4 atom stereocenters. The van der Waals surface area contributed by atoms with E-state index in [4.69, 9.17) is 5.11 Å². The van der Waals surface area contributed by atoms with E-state index < -0.39 is 34.4 Å². The van der Waals surface area contributed by atoms with E-state index in [0.29, 0.717) is 12.3 Å². The van der Waals surface area contributed by atoms with Crippen LogP contribution in [0.5, 0.6) is 11.5 Å². The zero-order valence-electron chi connectivity index (χ0n) is 18.6. The van der Waals surface area contributed by atoms with E-state index in [2.05, 4.69) is 18.8 Å². The maximum atomic E-state index is 12.9. The van der Waals surface area contributed by atoms with Gasteiger partial charge in [0, 0.05) is 11.8 Å². The summed E-state index contributed by atoms with van der Waals surface area (Å²) in [4.78, 5) is 36.8. The molecule has 0 radical (unpaired) electrons. The summed E-state index contributed by atoms with van der Waals surface area (Å²) in [7, 11) is 0. The lowest BCUT2D eigenvalue weighted by Gasteiger charge is -2.47. The van der Waals surface area contributed by atoms with Gasteiger partial charge in [0.2, 0.25) is 5.91 Å². The molecule has 0 heterocycles. The number of fused-ring (bicyclic) bond motifs is 1. The molecule has 32 heavy (non-hydrogen) atoms.